The Morgan fingerprint density at radius 2 is 2.41 bits per heavy atom. The Morgan fingerprint density at radius 1 is 1.53 bits per heavy atom. The highest BCUT2D eigenvalue weighted by molar-refractivity contribution is 5.13. The summed E-state index contributed by atoms with van der Waals surface area (Å²) in [7, 11) is 0. The summed E-state index contributed by atoms with van der Waals surface area (Å²) < 4.78 is 10.9. The van der Waals surface area contributed by atoms with Gasteiger partial charge in [0.1, 0.15) is 0 Å². The summed E-state index contributed by atoms with van der Waals surface area (Å²) in [4.78, 5) is 0. The Balaban J connectivity index is 1.55. The van der Waals surface area contributed by atoms with Crippen molar-refractivity contribution < 1.29 is 9.15 Å². The Morgan fingerprint density at radius 3 is 3.00 bits per heavy atom. The van der Waals surface area contributed by atoms with Gasteiger partial charge in [0.15, 0.2) is 0 Å². The maximum absolute atomic E-state index is 5.84. The highest BCUT2D eigenvalue weighted by Crippen LogP contribution is 2.57. The van der Waals surface area contributed by atoms with Crippen LogP contribution in [0, 0.1) is 5.41 Å². The number of rotatable bonds is 5. The average molecular weight is 235 g/mol. The quantitative estimate of drug-likeness (QED) is 0.852. The molecule has 1 spiro atoms. The number of nitrogens with one attached hydrogen (secondary N) is 1. The van der Waals surface area contributed by atoms with E-state index in [0.717, 1.165) is 13.2 Å². The zero-order valence-electron chi connectivity index (χ0n) is 10.4. The Labute approximate surface area is 103 Å². The zero-order valence-corrected chi connectivity index (χ0v) is 10.4. The minimum atomic E-state index is 0.458. The van der Waals surface area contributed by atoms with Crippen LogP contribution in [0.4, 0.5) is 0 Å². The van der Waals surface area contributed by atoms with Crippen molar-refractivity contribution in [3.05, 3.63) is 24.2 Å². The third-order valence-electron chi connectivity index (χ3n) is 4.57. The fourth-order valence-electron chi connectivity index (χ4n) is 3.36. The second kappa shape index (κ2) is 4.46. The van der Waals surface area contributed by atoms with Crippen LogP contribution in [-0.2, 0) is 11.3 Å². The van der Waals surface area contributed by atoms with Crippen LogP contribution in [0.2, 0.25) is 0 Å². The predicted molar refractivity (Wildman–Crippen MR) is 65.7 cm³/mol. The normalized spacial score (nSPS) is 29.9. The summed E-state index contributed by atoms with van der Waals surface area (Å²) in [5.74, 6) is 0. The standard InChI is InChI=1S/C14H21NO2/c1-2-17-13-8-12(14(13)5-3-6-14)15-9-11-4-7-16-10-11/h4,7,10,12-13,15H,2-3,5-6,8-9H2,1H3. The van der Waals surface area contributed by atoms with E-state index in [0.29, 0.717) is 17.6 Å². The lowest BCUT2D eigenvalue weighted by Gasteiger charge is -2.61. The van der Waals surface area contributed by atoms with Gasteiger partial charge in [-0.3, -0.25) is 0 Å². The topological polar surface area (TPSA) is 34.4 Å². The van der Waals surface area contributed by atoms with Gasteiger partial charge in [-0.1, -0.05) is 6.42 Å². The number of hydrogen-bond acceptors (Lipinski definition) is 3. The Kier molecular flexibility index (Phi) is 2.97. The van der Waals surface area contributed by atoms with E-state index in [4.69, 9.17) is 9.15 Å². The van der Waals surface area contributed by atoms with E-state index in [1.165, 1.54) is 31.2 Å². The van der Waals surface area contributed by atoms with E-state index in [-0.39, 0.29) is 0 Å². The van der Waals surface area contributed by atoms with Gasteiger partial charge in [0.2, 0.25) is 0 Å². The fraction of sp³-hybridized carbons (Fsp3) is 0.714. The molecule has 17 heavy (non-hydrogen) atoms. The monoisotopic (exact) mass is 235 g/mol. The van der Waals surface area contributed by atoms with Crippen molar-refractivity contribution in [3.8, 4) is 0 Å². The summed E-state index contributed by atoms with van der Waals surface area (Å²) in [6.07, 6.45) is 9.27. The molecule has 1 aromatic heterocycles. The average Bonchev–Trinajstić information content (AvgIpc) is 2.72. The second-order valence-electron chi connectivity index (χ2n) is 5.33. The van der Waals surface area contributed by atoms with Gasteiger partial charge in [-0.2, -0.15) is 0 Å². The van der Waals surface area contributed by atoms with Crippen molar-refractivity contribution in [3.63, 3.8) is 0 Å². The summed E-state index contributed by atoms with van der Waals surface area (Å²) >= 11 is 0. The SMILES string of the molecule is CCOC1CC(NCc2ccoc2)C12CCC2. The molecule has 2 unspecified atom stereocenters. The summed E-state index contributed by atoms with van der Waals surface area (Å²) in [6, 6.07) is 2.67. The van der Waals surface area contributed by atoms with Crippen LogP contribution in [0.25, 0.3) is 0 Å². The molecule has 3 rings (SSSR count). The zero-order chi connectivity index (χ0) is 11.7. The van der Waals surface area contributed by atoms with Gasteiger partial charge < -0.3 is 14.5 Å². The molecule has 0 bridgehead atoms. The molecular formula is C14H21NO2. The van der Waals surface area contributed by atoms with E-state index < -0.39 is 0 Å². The van der Waals surface area contributed by atoms with Crippen LogP contribution in [0.1, 0.15) is 38.2 Å². The molecular weight excluding hydrogens is 214 g/mol. The van der Waals surface area contributed by atoms with Crippen molar-refractivity contribution in [1.29, 1.82) is 0 Å². The lowest BCUT2D eigenvalue weighted by Crippen LogP contribution is -2.66. The molecule has 2 aliphatic carbocycles. The third kappa shape index (κ3) is 1.81. The van der Waals surface area contributed by atoms with Crippen molar-refractivity contribution >= 4 is 0 Å². The number of furan rings is 1. The fourth-order valence-corrected chi connectivity index (χ4v) is 3.36. The highest BCUT2D eigenvalue weighted by atomic mass is 16.5. The summed E-state index contributed by atoms with van der Waals surface area (Å²) in [5.41, 5.74) is 1.69. The van der Waals surface area contributed by atoms with Gasteiger partial charge in [-0.15, -0.1) is 0 Å². The van der Waals surface area contributed by atoms with E-state index in [1.807, 2.05) is 12.3 Å². The number of ether oxygens (including phenoxy) is 1. The van der Waals surface area contributed by atoms with Crippen LogP contribution in [-0.4, -0.2) is 18.8 Å². The number of hydrogen-bond donors (Lipinski definition) is 1. The maximum Gasteiger partial charge on any atom is 0.0947 e. The smallest absolute Gasteiger partial charge is 0.0947 e. The first-order valence-corrected chi connectivity index (χ1v) is 6.71. The Bertz CT molecular complexity index is 356. The van der Waals surface area contributed by atoms with Gasteiger partial charge in [0.05, 0.1) is 18.6 Å². The van der Waals surface area contributed by atoms with Crippen LogP contribution >= 0.6 is 0 Å². The molecule has 94 valence electrons. The molecule has 0 aromatic carbocycles. The van der Waals surface area contributed by atoms with Crippen molar-refractivity contribution in [1.82, 2.24) is 5.32 Å². The lowest BCUT2D eigenvalue weighted by molar-refractivity contribution is -0.173. The molecule has 3 heteroatoms. The summed E-state index contributed by atoms with van der Waals surface area (Å²) in [6.45, 7) is 3.86. The van der Waals surface area contributed by atoms with Gasteiger partial charge in [-0.05, 0) is 32.3 Å². The maximum atomic E-state index is 5.84. The van der Waals surface area contributed by atoms with Crippen LogP contribution in [0.15, 0.2) is 23.0 Å². The van der Waals surface area contributed by atoms with Gasteiger partial charge in [-0.25, -0.2) is 0 Å². The first-order chi connectivity index (χ1) is 8.35. The van der Waals surface area contributed by atoms with E-state index in [9.17, 15) is 0 Å². The van der Waals surface area contributed by atoms with Crippen LogP contribution < -0.4 is 5.32 Å². The molecule has 1 aromatic rings. The first kappa shape index (κ1) is 11.3. The van der Waals surface area contributed by atoms with Gasteiger partial charge in [0.25, 0.3) is 0 Å². The van der Waals surface area contributed by atoms with Crippen molar-refractivity contribution in [2.75, 3.05) is 6.61 Å². The molecule has 2 fully saturated rings. The molecule has 2 atom stereocenters. The van der Waals surface area contributed by atoms with E-state index >= 15 is 0 Å². The molecule has 0 amide bonds. The largest absolute Gasteiger partial charge is 0.472 e. The molecule has 2 saturated carbocycles. The lowest BCUT2D eigenvalue weighted by atomic mass is 9.51. The van der Waals surface area contributed by atoms with Gasteiger partial charge in [0, 0.05) is 30.2 Å². The predicted octanol–water partition coefficient (Wildman–Crippen LogP) is 2.72. The molecule has 1 heterocycles. The minimum absolute atomic E-state index is 0.458. The van der Waals surface area contributed by atoms with Crippen LogP contribution in [0.5, 0.6) is 0 Å². The minimum Gasteiger partial charge on any atom is -0.472 e. The van der Waals surface area contributed by atoms with E-state index in [2.05, 4.69) is 12.2 Å². The molecule has 2 aliphatic rings. The molecule has 0 saturated heterocycles. The van der Waals surface area contributed by atoms with Crippen LogP contribution in [0.3, 0.4) is 0 Å². The van der Waals surface area contributed by atoms with Crippen molar-refractivity contribution in [2.24, 2.45) is 5.41 Å². The molecule has 0 radical (unpaired) electrons. The van der Waals surface area contributed by atoms with E-state index in [1.54, 1.807) is 6.26 Å². The molecule has 3 nitrogen and oxygen atoms in total. The summed E-state index contributed by atoms with van der Waals surface area (Å²) in [5, 5.41) is 3.66. The second-order valence-corrected chi connectivity index (χ2v) is 5.33. The Hall–Kier alpha value is -0.800. The molecule has 0 aliphatic heterocycles. The first-order valence-electron chi connectivity index (χ1n) is 6.71. The van der Waals surface area contributed by atoms with Gasteiger partial charge >= 0.3 is 0 Å². The third-order valence-corrected chi connectivity index (χ3v) is 4.57. The highest BCUT2D eigenvalue weighted by Gasteiger charge is 2.58. The van der Waals surface area contributed by atoms with Crippen molar-refractivity contribution in [2.45, 2.75) is 51.3 Å². The molecule has 1 N–H and O–H groups in total.